The van der Waals surface area contributed by atoms with Crippen LogP contribution in [0.4, 0.5) is 13.2 Å². The highest BCUT2D eigenvalue weighted by Crippen LogP contribution is 2.47. The van der Waals surface area contributed by atoms with Crippen LogP contribution in [0.3, 0.4) is 0 Å². The molecule has 0 amide bonds. The third kappa shape index (κ3) is 5.17. The zero-order chi connectivity index (χ0) is 17.9. The number of ether oxygens (including phenoxy) is 1. The summed E-state index contributed by atoms with van der Waals surface area (Å²) in [7, 11) is 1.74. The number of aliphatic imine (C=N–C) groups is 1. The first-order valence-electron chi connectivity index (χ1n) is 8.64. The Morgan fingerprint density at radius 2 is 2.00 bits per heavy atom. The molecule has 1 aliphatic heterocycles. The van der Waals surface area contributed by atoms with E-state index in [-0.39, 0.29) is 29.7 Å². The topological polar surface area (TPSA) is 36.9 Å². The summed E-state index contributed by atoms with van der Waals surface area (Å²) >= 11 is 0. The molecule has 2 aliphatic rings. The molecule has 1 heterocycles. The third-order valence-corrected chi connectivity index (χ3v) is 5.16. The molecule has 0 aromatic heterocycles. The van der Waals surface area contributed by atoms with Gasteiger partial charge in [0.1, 0.15) is 5.75 Å². The molecule has 0 bridgehead atoms. The molecule has 26 heavy (non-hydrogen) atoms. The van der Waals surface area contributed by atoms with Crippen LogP contribution in [0.2, 0.25) is 0 Å². The second-order valence-electron chi connectivity index (χ2n) is 6.94. The monoisotopic (exact) mass is 483 g/mol. The van der Waals surface area contributed by atoms with E-state index in [1.54, 1.807) is 31.3 Å². The SMILES string of the molecule is CN=C(NCc1ccccc1OCC(F)(F)F)N1CCC2(CCC2)C1.I. The average molecular weight is 483 g/mol. The molecule has 2 fully saturated rings. The minimum atomic E-state index is -4.34. The predicted molar refractivity (Wildman–Crippen MR) is 106 cm³/mol. The Kier molecular flexibility index (Phi) is 7.04. The van der Waals surface area contributed by atoms with Gasteiger partial charge in [-0.05, 0) is 30.7 Å². The van der Waals surface area contributed by atoms with Crippen molar-refractivity contribution in [3.63, 3.8) is 0 Å². The summed E-state index contributed by atoms with van der Waals surface area (Å²) in [6.07, 6.45) is 0.731. The molecule has 0 radical (unpaired) electrons. The molecule has 1 aliphatic carbocycles. The maximum absolute atomic E-state index is 12.4. The van der Waals surface area contributed by atoms with Gasteiger partial charge in [0.05, 0.1) is 0 Å². The zero-order valence-corrected chi connectivity index (χ0v) is 17.1. The van der Waals surface area contributed by atoms with Crippen molar-refractivity contribution in [1.82, 2.24) is 10.2 Å². The Morgan fingerprint density at radius 1 is 1.27 bits per heavy atom. The molecule has 146 valence electrons. The zero-order valence-electron chi connectivity index (χ0n) is 14.8. The summed E-state index contributed by atoms with van der Waals surface area (Å²) < 4.78 is 42.1. The second-order valence-corrected chi connectivity index (χ2v) is 6.94. The molecular weight excluding hydrogens is 458 g/mol. The van der Waals surface area contributed by atoms with E-state index in [0.717, 1.165) is 19.0 Å². The standard InChI is InChI=1S/C18H24F3N3O.HI/c1-22-16(24-10-9-17(12-24)7-4-8-17)23-11-14-5-2-3-6-15(14)25-13-18(19,20)21;/h2-3,5-6H,4,7-13H2,1H3,(H,22,23);1H. The van der Waals surface area contributed by atoms with Gasteiger partial charge in [0.2, 0.25) is 0 Å². The fourth-order valence-electron chi connectivity index (χ4n) is 3.66. The highest BCUT2D eigenvalue weighted by atomic mass is 127. The van der Waals surface area contributed by atoms with Crippen molar-refractivity contribution in [3.8, 4) is 5.75 Å². The maximum atomic E-state index is 12.4. The van der Waals surface area contributed by atoms with E-state index in [1.807, 2.05) is 0 Å². The molecule has 1 aromatic carbocycles. The van der Waals surface area contributed by atoms with Gasteiger partial charge in [-0.25, -0.2) is 0 Å². The first-order chi connectivity index (χ1) is 11.9. The molecule has 1 aromatic rings. The third-order valence-electron chi connectivity index (χ3n) is 5.16. The Bertz CT molecular complexity index is 632. The maximum Gasteiger partial charge on any atom is 0.422 e. The summed E-state index contributed by atoms with van der Waals surface area (Å²) in [6, 6.07) is 6.79. The normalized spacial score (nSPS) is 19.1. The van der Waals surface area contributed by atoms with E-state index in [2.05, 4.69) is 15.2 Å². The van der Waals surface area contributed by atoms with Crippen molar-refractivity contribution in [1.29, 1.82) is 0 Å². The van der Waals surface area contributed by atoms with Crippen LogP contribution in [0.5, 0.6) is 5.75 Å². The number of rotatable bonds is 4. The van der Waals surface area contributed by atoms with Gasteiger partial charge in [-0.2, -0.15) is 13.2 Å². The lowest BCUT2D eigenvalue weighted by Crippen LogP contribution is -2.42. The fourth-order valence-corrected chi connectivity index (χ4v) is 3.66. The largest absolute Gasteiger partial charge is 0.484 e. The summed E-state index contributed by atoms with van der Waals surface area (Å²) in [6.45, 7) is 1.09. The number of hydrogen-bond acceptors (Lipinski definition) is 2. The number of guanidine groups is 1. The van der Waals surface area contributed by atoms with Crippen LogP contribution in [0, 0.1) is 5.41 Å². The minimum Gasteiger partial charge on any atom is -0.484 e. The molecule has 0 unspecified atom stereocenters. The molecule has 1 saturated heterocycles. The molecule has 1 N–H and O–H groups in total. The summed E-state index contributed by atoms with van der Waals surface area (Å²) in [5, 5.41) is 3.27. The van der Waals surface area contributed by atoms with Gasteiger partial charge >= 0.3 is 6.18 Å². The molecule has 3 rings (SSSR count). The number of hydrogen-bond donors (Lipinski definition) is 1. The second kappa shape index (κ2) is 8.67. The van der Waals surface area contributed by atoms with E-state index in [1.165, 1.54) is 25.7 Å². The molecule has 1 saturated carbocycles. The molecule has 1 spiro atoms. The van der Waals surface area contributed by atoms with Gasteiger partial charge < -0.3 is 15.0 Å². The van der Waals surface area contributed by atoms with E-state index in [9.17, 15) is 13.2 Å². The smallest absolute Gasteiger partial charge is 0.422 e. The number of alkyl halides is 3. The quantitative estimate of drug-likeness (QED) is 0.397. The van der Waals surface area contributed by atoms with Crippen LogP contribution in [0.1, 0.15) is 31.2 Å². The van der Waals surface area contributed by atoms with Crippen LogP contribution in [-0.2, 0) is 6.54 Å². The van der Waals surface area contributed by atoms with Gasteiger partial charge in [0.15, 0.2) is 12.6 Å². The van der Waals surface area contributed by atoms with Gasteiger partial charge in [-0.3, -0.25) is 4.99 Å². The average Bonchev–Trinajstić information content (AvgIpc) is 2.99. The summed E-state index contributed by atoms with van der Waals surface area (Å²) in [4.78, 5) is 6.58. The lowest BCUT2D eigenvalue weighted by Gasteiger charge is -2.38. The van der Waals surface area contributed by atoms with Crippen molar-refractivity contribution >= 4 is 29.9 Å². The van der Waals surface area contributed by atoms with Crippen molar-refractivity contribution in [2.24, 2.45) is 10.4 Å². The molecule has 8 heteroatoms. The fraction of sp³-hybridized carbons (Fsp3) is 0.611. The van der Waals surface area contributed by atoms with E-state index < -0.39 is 12.8 Å². The van der Waals surface area contributed by atoms with Crippen LogP contribution < -0.4 is 10.1 Å². The Hall–Kier alpha value is -1.19. The number of para-hydroxylation sites is 1. The molecular formula is C18H25F3IN3O. The van der Waals surface area contributed by atoms with E-state index in [4.69, 9.17) is 4.74 Å². The number of halogens is 4. The summed E-state index contributed by atoms with van der Waals surface area (Å²) in [5.41, 5.74) is 1.15. The Balaban J connectivity index is 0.00000243. The van der Waals surface area contributed by atoms with E-state index in [0.29, 0.717) is 17.5 Å². The van der Waals surface area contributed by atoms with Crippen molar-refractivity contribution in [2.75, 3.05) is 26.7 Å². The van der Waals surface area contributed by atoms with Crippen LogP contribution in [0.25, 0.3) is 0 Å². The van der Waals surface area contributed by atoms with Crippen LogP contribution in [0.15, 0.2) is 29.3 Å². The lowest BCUT2D eigenvalue weighted by atomic mass is 9.68. The van der Waals surface area contributed by atoms with Gasteiger partial charge in [-0.15, -0.1) is 24.0 Å². The predicted octanol–water partition coefficient (Wildman–Crippen LogP) is 4.20. The van der Waals surface area contributed by atoms with Crippen LogP contribution >= 0.6 is 24.0 Å². The minimum absolute atomic E-state index is 0. The van der Waals surface area contributed by atoms with E-state index >= 15 is 0 Å². The first kappa shape index (κ1) is 21.1. The number of likely N-dealkylation sites (tertiary alicyclic amines) is 1. The number of nitrogens with zero attached hydrogens (tertiary/aromatic N) is 2. The highest BCUT2D eigenvalue weighted by Gasteiger charge is 2.43. The first-order valence-corrected chi connectivity index (χ1v) is 8.64. The van der Waals surface area contributed by atoms with Crippen molar-refractivity contribution < 1.29 is 17.9 Å². The lowest BCUT2D eigenvalue weighted by molar-refractivity contribution is -0.153. The molecule has 4 nitrogen and oxygen atoms in total. The van der Waals surface area contributed by atoms with Gasteiger partial charge in [0, 0.05) is 32.2 Å². The van der Waals surface area contributed by atoms with Crippen molar-refractivity contribution in [2.45, 2.75) is 38.4 Å². The van der Waals surface area contributed by atoms with Gasteiger partial charge in [0.25, 0.3) is 0 Å². The summed E-state index contributed by atoms with van der Waals surface area (Å²) in [5.74, 6) is 1.05. The number of benzene rings is 1. The van der Waals surface area contributed by atoms with Crippen molar-refractivity contribution in [3.05, 3.63) is 29.8 Å². The highest BCUT2D eigenvalue weighted by molar-refractivity contribution is 14.0. The van der Waals surface area contributed by atoms with Crippen LogP contribution in [-0.4, -0.2) is 43.8 Å². The van der Waals surface area contributed by atoms with Gasteiger partial charge in [-0.1, -0.05) is 24.6 Å². The Morgan fingerprint density at radius 3 is 2.58 bits per heavy atom. The Labute approximate surface area is 169 Å². The molecule has 0 atom stereocenters. The number of nitrogens with one attached hydrogen (secondary N) is 1.